The van der Waals surface area contributed by atoms with E-state index in [1.807, 2.05) is 0 Å². The predicted molar refractivity (Wildman–Crippen MR) is 56.5 cm³/mol. The van der Waals surface area contributed by atoms with Crippen molar-refractivity contribution in [1.82, 2.24) is 9.97 Å². The van der Waals surface area contributed by atoms with E-state index in [0.717, 1.165) is 6.07 Å². The van der Waals surface area contributed by atoms with Gasteiger partial charge in [0.05, 0.1) is 13.2 Å². The minimum Gasteiger partial charge on any atom is -0.474 e. The van der Waals surface area contributed by atoms with Gasteiger partial charge in [0.15, 0.2) is 5.69 Å². The van der Waals surface area contributed by atoms with Crippen molar-refractivity contribution in [3.8, 4) is 5.88 Å². The second kappa shape index (κ2) is 5.27. The highest BCUT2D eigenvalue weighted by atomic mass is 35.5. The standard InChI is InChI=1S/C10H10ClF3N2O2/c11-9-15-7(10(12,13)14)5-8(16-9)18-6-1-3-17-4-2-6/h5-6H,1-4H2. The van der Waals surface area contributed by atoms with Crippen LogP contribution >= 0.6 is 11.6 Å². The fraction of sp³-hybridized carbons (Fsp3) is 0.600. The molecule has 4 nitrogen and oxygen atoms in total. The maximum Gasteiger partial charge on any atom is 0.433 e. The highest BCUT2D eigenvalue weighted by Gasteiger charge is 2.34. The summed E-state index contributed by atoms with van der Waals surface area (Å²) >= 11 is 5.45. The van der Waals surface area contributed by atoms with Crippen molar-refractivity contribution in [2.75, 3.05) is 13.2 Å². The highest BCUT2D eigenvalue weighted by molar-refractivity contribution is 6.28. The van der Waals surface area contributed by atoms with Crippen molar-refractivity contribution < 1.29 is 22.6 Å². The Morgan fingerprint density at radius 3 is 2.56 bits per heavy atom. The van der Waals surface area contributed by atoms with Crippen LogP contribution in [0.2, 0.25) is 5.28 Å². The van der Waals surface area contributed by atoms with E-state index < -0.39 is 17.2 Å². The average Bonchev–Trinajstić information content (AvgIpc) is 2.28. The Balaban J connectivity index is 2.14. The van der Waals surface area contributed by atoms with Crippen LogP contribution in [-0.2, 0) is 10.9 Å². The van der Waals surface area contributed by atoms with Gasteiger partial charge in [-0.25, -0.2) is 4.98 Å². The molecular formula is C10H10ClF3N2O2. The number of nitrogens with zero attached hydrogens (tertiary/aromatic N) is 2. The molecule has 0 amide bonds. The molecule has 18 heavy (non-hydrogen) atoms. The van der Waals surface area contributed by atoms with Crippen molar-refractivity contribution in [2.45, 2.75) is 25.1 Å². The lowest BCUT2D eigenvalue weighted by Gasteiger charge is -2.22. The van der Waals surface area contributed by atoms with E-state index in [1.54, 1.807) is 0 Å². The molecule has 8 heteroatoms. The van der Waals surface area contributed by atoms with E-state index in [1.165, 1.54) is 0 Å². The number of ether oxygens (including phenoxy) is 2. The molecule has 0 atom stereocenters. The van der Waals surface area contributed by atoms with Crippen molar-refractivity contribution in [2.24, 2.45) is 0 Å². The Morgan fingerprint density at radius 2 is 1.94 bits per heavy atom. The third kappa shape index (κ3) is 3.46. The van der Waals surface area contributed by atoms with Gasteiger partial charge in [0.1, 0.15) is 6.10 Å². The zero-order valence-electron chi connectivity index (χ0n) is 9.21. The number of hydrogen-bond donors (Lipinski definition) is 0. The van der Waals surface area contributed by atoms with Gasteiger partial charge >= 0.3 is 6.18 Å². The van der Waals surface area contributed by atoms with E-state index >= 15 is 0 Å². The second-order valence-corrected chi connectivity index (χ2v) is 4.13. The van der Waals surface area contributed by atoms with Crippen molar-refractivity contribution in [1.29, 1.82) is 0 Å². The third-order valence-electron chi connectivity index (χ3n) is 2.42. The first-order valence-corrected chi connectivity index (χ1v) is 5.69. The molecule has 1 aliphatic heterocycles. The van der Waals surface area contributed by atoms with Crippen LogP contribution in [0.5, 0.6) is 5.88 Å². The van der Waals surface area contributed by atoms with Gasteiger partial charge in [-0.3, -0.25) is 0 Å². The molecule has 0 bridgehead atoms. The van der Waals surface area contributed by atoms with Crippen LogP contribution in [0.4, 0.5) is 13.2 Å². The van der Waals surface area contributed by atoms with E-state index in [4.69, 9.17) is 21.1 Å². The second-order valence-electron chi connectivity index (χ2n) is 3.79. The first kappa shape index (κ1) is 13.4. The van der Waals surface area contributed by atoms with Crippen LogP contribution in [0.15, 0.2) is 6.07 Å². The summed E-state index contributed by atoms with van der Waals surface area (Å²) in [5.41, 5.74) is -1.11. The van der Waals surface area contributed by atoms with Gasteiger partial charge in [-0.2, -0.15) is 18.2 Å². The molecule has 2 rings (SSSR count). The molecule has 0 aromatic carbocycles. The highest BCUT2D eigenvalue weighted by Crippen LogP contribution is 2.30. The van der Waals surface area contributed by atoms with Gasteiger partial charge in [0.2, 0.25) is 11.2 Å². The van der Waals surface area contributed by atoms with Crippen LogP contribution in [0.25, 0.3) is 0 Å². The zero-order chi connectivity index (χ0) is 13.2. The van der Waals surface area contributed by atoms with Crippen molar-refractivity contribution in [3.63, 3.8) is 0 Å². The lowest BCUT2D eigenvalue weighted by molar-refractivity contribution is -0.141. The fourth-order valence-electron chi connectivity index (χ4n) is 1.57. The van der Waals surface area contributed by atoms with Crippen LogP contribution < -0.4 is 4.74 Å². The molecule has 1 saturated heterocycles. The van der Waals surface area contributed by atoms with Crippen LogP contribution in [-0.4, -0.2) is 29.3 Å². The number of aromatic nitrogens is 2. The quantitative estimate of drug-likeness (QED) is 0.782. The molecule has 0 aliphatic carbocycles. The van der Waals surface area contributed by atoms with Gasteiger partial charge in [-0.05, 0) is 11.6 Å². The summed E-state index contributed by atoms with van der Waals surface area (Å²) in [4.78, 5) is 6.76. The van der Waals surface area contributed by atoms with Gasteiger partial charge in [0, 0.05) is 18.9 Å². The summed E-state index contributed by atoms with van der Waals surface area (Å²) in [5, 5.41) is -0.480. The minimum absolute atomic E-state index is 0.158. The topological polar surface area (TPSA) is 44.2 Å². The summed E-state index contributed by atoms with van der Waals surface area (Å²) in [6.45, 7) is 1.05. The van der Waals surface area contributed by atoms with Gasteiger partial charge in [0.25, 0.3) is 0 Å². The SMILES string of the molecule is FC(F)(F)c1cc(OC2CCOCC2)nc(Cl)n1. The molecule has 1 fully saturated rings. The molecule has 0 unspecified atom stereocenters. The Bertz CT molecular complexity index is 422. The zero-order valence-corrected chi connectivity index (χ0v) is 9.96. The van der Waals surface area contributed by atoms with Gasteiger partial charge in [-0.15, -0.1) is 0 Å². The first-order valence-electron chi connectivity index (χ1n) is 5.31. The van der Waals surface area contributed by atoms with Crippen LogP contribution in [0.1, 0.15) is 18.5 Å². The maximum atomic E-state index is 12.5. The average molecular weight is 283 g/mol. The number of halogens is 4. The van der Waals surface area contributed by atoms with E-state index in [-0.39, 0.29) is 12.0 Å². The molecule has 100 valence electrons. The monoisotopic (exact) mass is 282 g/mol. The minimum atomic E-state index is -4.57. The molecule has 0 N–H and O–H groups in total. The normalized spacial score (nSPS) is 17.8. The summed E-state index contributed by atoms with van der Waals surface area (Å²) < 4.78 is 48.0. The summed E-state index contributed by atoms with van der Waals surface area (Å²) in [7, 11) is 0. The lowest BCUT2D eigenvalue weighted by atomic mass is 10.1. The molecule has 2 heterocycles. The molecular weight excluding hydrogens is 273 g/mol. The molecule has 0 spiro atoms. The fourth-order valence-corrected chi connectivity index (χ4v) is 1.74. The Morgan fingerprint density at radius 1 is 1.28 bits per heavy atom. The predicted octanol–water partition coefficient (Wildman–Crippen LogP) is 2.71. The first-order chi connectivity index (χ1) is 8.45. The van der Waals surface area contributed by atoms with Crippen LogP contribution in [0, 0.1) is 0 Å². The lowest BCUT2D eigenvalue weighted by Crippen LogP contribution is -2.26. The summed E-state index contributed by atoms with van der Waals surface area (Å²) in [5.74, 6) is -0.158. The molecule has 1 aromatic rings. The largest absolute Gasteiger partial charge is 0.474 e. The Kier molecular flexibility index (Phi) is 3.91. The van der Waals surface area contributed by atoms with Crippen molar-refractivity contribution >= 4 is 11.6 Å². The molecule has 0 radical (unpaired) electrons. The van der Waals surface area contributed by atoms with Gasteiger partial charge in [-0.1, -0.05) is 0 Å². The van der Waals surface area contributed by atoms with Crippen LogP contribution in [0.3, 0.4) is 0 Å². The number of hydrogen-bond acceptors (Lipinski definition) is 4. The summed E-state index contributed by atoms with van der Waals surface area (Å²) in [6.07, 6.45) is -3.54. The summed E-state index contributed by atoms with van der Waals surface area (Å²) in [6, 6.07) is 0.751. The van der Waals surface area contributed by atoms with E-state index in [9.17, 15) is 13.2 Å². The third-order valence-corrected chi connectivity index (χ3v) is 2.59. The molecule has 1 aromatic heterocycles. The number of rotatable bonds is 2. The maximum absolute atomic E-state index is 12.5. The molecule has 1 aliphatic rings. The van der Waals surface area contributed by atoms with Gasteiger partial charge < -0.3 is 9.47 Å². The van der Waals surface area contributed by atoms with Crippen molar-refractivity contribution in [3.05, 3.63) is 17.0 Å². The Labute approximate surface area is 106 Å². The number of alkyl halides is 3. The smallest absolute Gasteiger partial charge is 0.433 e. The van der Waals surface area contributed by atoms with E-state index in [0.29, 0.717) is 26.1 Å². The molecule has 0 saturated carbocycles. The Hall–Kier alpha value is -1.08. The van der Waals surface area contributed by atoms with E-state index in [2.05, 4.69) is 9.97 Å².